The van der Waals surface area contributed by atoms with Crippen LogP contribution in [0.2, 0.25) is 0 Å². The van der Waals surface area contributed by atoms with Gasteiger partial charge in [-0.3, -0.25) is 14.4 Å². The Hall–Kier alpha value is -2.48. The molecule has 0 fully saturated rings. The van der Waals surface area contributed by atoms with Crippen molar-refractivity contribution in [3.63, 3.8) is 0 Å². The first kappa shape index (κ1) is 13.9. The van der Waals surface area contributed by atoms with Gasteiger partial charge in [0.15, 0.2) is 0 Å². The molecule has 20 heavy (non-hydrogen) atoms. The third-order valence-corrected chi connectivity index (χ3v) is 3.43. The summed E-state index contributed by atoms with van der Waals surface area (Å²) in [5, 5.41) is 20.4. The summed E-state index contributed by atoms with van der Waals surface area (Å²) in [4.78, 5) is 33.8. The van der Waals surface area contributed by atoms with E-state index in [0.717, 1.165) is 12.1 Å². The van der Waals surface area contributed by atoms with E-state index in [1.54, 1.807) is 0 Å². The lowest BCUT2D eigenvalue weighted by Gasteiger charge is -2.06. The van der Waals surface area contributed by atoms with E-state index in [4.69, 9.17) is 5.11 Å². The second-order valence-electron chi connectivity index (χ2n) is 3.83. The molecule has 0 saturated heterocycles. The summed E-state index contributed by atoms with van der Waals surface area (Å²) in [5.74, 6) is -3.60. The first-order chi connectivity index (χ1) is 9.40. The molecule has 0 atom stereocenters. The molecule has 6 nitrogen and oxygen atoms in total. The Kier molecular flexibility index (Phi) is 3.66. The third kappa shape index (κ3) is 2.59. The smallest absolute Gasteiger partial charge is 0.322 e. The molecule has 3 N–H and O–H groups in total. The summed E-state index contributed by atoms with van der Waals surface area (Å²) in [5.41, 5.74) is -0.589. The number of carbonyl (C=O) groups excluding carboxylic acids is 1. The molecule has 1 aromatic heterocycles. The molecular formula is C12H8FNO5S. The predicted octanol–water partition coefficient (Wildman–Crippen LogP) is 0.921. The zero-order valence-corrected chi connectivity index (χ0v) is 10.7. The molecule has 1 amide bonds. The second kappa shape index (κ2) is 5.25. The molecule has 104 valence electrons. The number of carbonyl (C=O) groups is 2. The molecule has 0 saturated carbocycles. The van der Waals surface area contributed by atoms with Gasteiger partial charge >= 0.3 is 5.97 Å². The number of hydrogen-bond acceptors (Lipinski definition) is 5. The van der Waals surface area contributed by atoms with Crippen molar-refractivity contribution in [1.29, 1.82) is 0 Å². The number of hydrogen-bond donors (Lipinski definition) is 3. The van der Waals surface area contributed by atoms with E-state index in [2.05, 4.69) is 0 Å². The lowest BCUT2D eigenvalue weighted by Crippen LogP contribution is -2.32. The fourth-order valence-corrected chi connectivity index (χ4v) is 2.50. The summed E-state index contributed by atoms with van der Waals surface area (Å²) in [7, 11) is 0. The lowest BCUT2D eigenvalue weighted by molar-refractivity contribution is -0.135. The van der Waals surface area contributed by atoms with Crippen LogP contribution in [0.25, 0.3) is 10.1 Å². The van der Waals surface area contributed by atoms with Crippen molar-refractivity contribution in [3.8, 4) is 5.75 Å². The maximum Gasteiger partial charge on any atom is 0.322 e. The molecule has 0 aliphatic heterocycles. The molecule has 2 rings (SSSR count). The van der Waals surface area contributed by atoms with Crippen LogP contribution in [-0.4, -0.2) is 28.6 Å². The first-order valence-electron chi connectivity index (χ1n) is 5.35. The summed E-state index contributed by atoms with van der Waals surface area (Å²) in [6.45, 7) is -0.691. The van der Waals surface area contributed by atoms with E-state index < -0.39 is 40.3 Å². The van der Waals surface area contributed by atoms with Crippen molar-refractivity contribution in [1.82, 2.24) is 5.32 Å². The Morgan fingerprint density at radius 1 is 1.35 bits per heavy atom. The highest BCUT2D eigenvalue weighted by molar-refractivity contribution is 7.16. The molecule has 1 heterocycles. The normalized spacial score (nSPS) is 10.4. The van der Waals surface area contributed by atoms with Crippen LogP contribution in [0.15, 0.2) is 23.0 Å². The van der Waals surface area contributed by atoms with Gasteiger partial charge in [0.2, 0.25) is 4.74 Å². The highest BCUT2D eigenvalue weighted by Gasteiger charge is 2.20. The number of rotatable bonds is 3. The second-order valence-corrected chi connectivity index (χ2v) is 4.84. The number of amides is 1. The largest absolute Gasteiger partial charge is 0.506 e. The summed E-state index contributed by atoms with van der Waals surface area (Å²) >= 11 is 0.663. The van der Waals surface area contributed by atoms with Crippen molar-refractivity contribution in [2.45, 2.75) is 0 Å². The van der Waals surface area contributed by atoms with Gasteiger partial charge in [-0.1, -0.05) is 11.3 Å². The molecule has 0 aliphatic carbocycles. The third-order valence-electron chi connectivity index (χ3n) is 2.47. The standard InChI is InChI=1S/C12H8FNO5S/c13-5-1-2-7-6(3-5)10(17)9(12(19)20-7)11(18)14-4-8(15)16/h1-3,17H,4H2,(H,14,18)(H,15,16). The Labute approximate surface area is 115 Å². The molecule has 0 unspecified atom stereocenters. The number of benzene rings is 1. The molecule has 0 aliphatic rings. The van der Waals surface area contributed by atoms with Crippen LogP contribution in [0.3, 0.4) is 0 Å². The average molecular weight is 297 g/mol. The van der Waals surface area contributed by atoms with Gasteiger partial charge in [0, 0.05) is 10.1 Å². The predicted molar refractivity (Wildman–Crippen MR) is 69.7 cm³/mol. The van der Waals surface area contributed by atoms with Gasteiger partial charge in [0.25, 0.3) is 5.91 Å². The molecule has 2 aromatic rings. The van der Waals surface area contributed by atoms with E-state index >= 15 is 0 Å². The van der Waals surface area contributed by atoms with E-state index in [9.17, 15) is 23.9 Å². The van der Waals surface area contributed by atoms with Gasteiger partial charge in [0.1, 0.15) is 23.7 Å². The van der Waals surface area contributed by atoms with Gasteiger partial charge in [-0.15, -0.1) is 0 Å². The number of aromatic hydroxyl groups is 1. The van der Waals surface area contributed by atoms with Crippen LogP contribution in [0.5, 0.6) is 5.75 Å². The topological polar surface area (TPSA) is 104 Å². The fourth-order valence-electron chi connectivity index (χ4n) is 1.60. The molecule has 0 spiro atoms. The highest BCUT2D eigenvalue weighted by Crippen LogP contribution is 2.29. The highest BCUT2D eigenvalue weighted by atomic mass is 32.1. The maximum atomic E-state index is 13.1. The lowest BCUT2D eigenvalue weighted by atomic mass is 10.1. The number of aliphatic carboxylic acids is 1. The van der Waals surface area contributed by atoms with Gasteiger partial charge in [-0.25, -0.2) is 4.39 Å². The Morgan fingerprint density at radius 2 is 2.05 bits per heavy atom. The maximum absolute atomic E-state index is 13.1. The number of carboxylic acids is 1. The zero-order chi connectivity index (χ0) is 14.9. The minimum atomic E-state index is -1.29. The zero-order valence-electron chi connectivity index (χ0n) is 9.84. The number of halogens is 1. The Balaban J connectivity index is 2.56. The van der Waals surface area contributed by atoms with Gasteiger partial charge in [-0.05, 0) is 18.2 Å². The van der Waals surface area contributed by atoms with E-state index in [1.165, 1.54) is 6.07 Å². The fraction of sp³-hybridized carbons (Fsp3) is 0.0833. The van der Waals surface area contributed by atoms with Crippen LogP contribution in [0.4, 0.5) is 4.39 Å². The molecule has 8 heteroatoms. The van der Waals surface area contributed by atoms with Crippen LogP contribution >= 0.6 is 11.3 Å². The number of carboxylic acid groups (broad SMARTS) is 1. The Morgan fingerprint density at radius 3 is 2.70 bits per heavy atom. The van der Waals surface area contributed by atoms with Gasteiger partial charge < -0.3 is 15.5 Å². The van der Waals surface area contributed by atoms with Gasteiger partial charge in [-0.2, -0.15) is 0 Å². The van der Waals surface area contributed by atoms with Crippen molar-refractivity contribution >= 4 is 33.3 Å². The van der Waals surface area contributed by atoms with E-state index in [1.807, 2.05) is 5.32 Å². The van der Waals surface area contributed by atoms with Crippen molar-refractivity contribution in [2.24, 2.45) is 0 Å². The minimum absolute atomic E-state index is 0.0232. The molecule has 0 bridgehead atoms. The Bertz CT molecular complexity index is 770. The van der Waals surface area contributed by atoms with Crippen molar-refractivity contribution in [3.05, 3.63) is 39.1 Å². The number of fused-ring (bicyclic) bond motifs is 1. The summed E-state index contributed by atoms with van der Waals surface area (Å²) < 4.78 is 12.7. The summed E-state index contributed by atoms with van der Waals surface area (Å²) in [6, 6.07) is 3.44. The van der Waals surface area contributed by atoms with Crippen LogP contribution in [-0.2, 0) is 4.79 Å². The van der Waals surface area contributed by atoms with E-state index in [0.29, 0.717) is 16.0 Å². The van der Waals surface area contributed by atoms with Crippen LogP contribution in [0.1, 0.15) is 10.4 Å². The molecule has 0 radical (unpaired) electrons. The van der Waals surface area contributed by atoms with Crippen LogP contribution < -0.4 is 10.1 Å². The van der Waals surface area contributed by atoms with E-state index in [-0.39, 0.29) is 5.39 Å². The average Bonchev–Trinajstić information content (AvgIpc) is 2.37. The molecule has 1 aromatic carbocycles. The van der Waals surface area contributed by atoms with Crippen molar-refractivity contribution < 1.29 is 24.2 Å². The monoisotopic (exact) mass is 297 g/mol. The molecular weight excluding hydrogens is 289 g/mol. The first-order valence-corrected chi connectivity index (χ1v) is 6.17. The van der Waals surface area contributed by atoms with Gasteiger partial charge in [0.05, 0.1) is 0 Å². The number of nitrogens with one attached hydrogen (secondary N) is 1. The summed E-state index contributed by atoms with van der Waals surface area (Å²) in [6.07, 6.45) is 0. The SMILES string of the molecule is O=C(O)CNC(=O)c1c(O)c2cc(F)ccc2sc1=O. The minimum Gasteiger partial charge on any atom is -0.506 e. The quantitative estimate of drug-likeness (QED) is 0.781. The van der Waals surface area contributed by atoms with Crippen molar-refractivity contribution in [2.75, 3.05) is 6.54 Å². The van der Waals surface area contributed by atoms with Crippen LogP contribution in [0, 0.1) is 5.82 Å².